The molecule has 0 atom stereocenters. The van der Waals surface area contributed by atoms with Gasteiger partial charge in [0.2, 0.25) is 0 Å². The second kappa shape index (κ2) is 5.34. The molecule has 0 amide bonds. The van der Waals surface area contributed by atoms with E-state index in [4.69, 9.17) is 20.6 Å². The molecular weight excluding hydrogens is 271 g/mol. The lowest BCUT2D eigenvalue weighted by Gasteiger charge is -2.34. The summed E-state index contributed by atoms with van der Waals surface area (Å²) in [6.45, 7) is 5.02. The maximum absolute atomic E-state index is 12.4. The Labute approximate surface area is 113 Å². The lowest BCUT2D eigenvalue weighted by molar-refractivity contribution is 0.0409. The van der Waals surface area contributed by atoms with Gasteiger partial charge in [0.15, 0.2) is 0 Å². The summed E-state index contributed by atoms with van der Waals surface area (Å²) >= 11 is 5.73. The third-order valence-corrected chi connectivity index (χ3v) is 4.96. The zero-order valence-electron chi connectivity index (χ0n) is 10.7. The minimum Gasteiger partial charge on any atom is -0.308 e. The second-order valence-electron chi connectivity index (χ2n) is 5.43. The van der Waals surface area contributed by atoms with E-state index in [1.165, 1.54) is 0 Å². The first kappa shape index (κ1) is 14.1. The molecule has 1 heterocycles. The largest absolute Gasteiger partial charge is 0.335 e. The Morgan fingerprint density at radius 3 is 2.17 bits per heavy atom. The van der Waals surface area contributed by atoms with Gasteiger partial charge in [-0.15, -0.1) is 11.6 Å². The van der Waals surface area contributed by atoms with Crippen LogP contribution in [-0.2, 0) is 25.7 Å². The van der Waals surface area contributed by atoms with Crippen molar-refractivity contribution in [3.8, 4) is 0 Å². The fourth-order valence-corrected chi connectivity index (χ4v) is 3.86. The molecule has 1 aliphatic rings. The van der Waals surface area contributed by atoms with E-state index in [-0.39, 0.29) is 5.41 Å². The molecule has 0 unspecified atom stereocenters. The first-order valence-corrected chi connectivity index (χ1v) is 8.21. The first-order valence-electron chi connectivity index (χ1n) is 5.94. The van der Waals surface area contributed by atoms with Crippen molar-refractivity contribution in [2.75, 3.05) is 13.2 Å². The van der Waals surface area contributed by atoms with E-state index in [0.717, 1.165) is 11.1 Å². The van der Waals surface area contributed by atoms with E-state index in [9.17, 15) is 4.57 Å². The van der Waals surface area contributed by atoms with Crippen molar-refractivity contribution in [1.82, 2.24) is 0 Å². The topological polar surface area (TPSA) is 35.5 Å². The lowest BCUT2D eigenvalue weighted by Crippen LogP contribution is -2.29. The van der Waals surface area contributed by atoms with Crippen molar-refractivity contribution < 1.29 is 13.6 Å². The molecule has 0 aromatic heterocycles. The Morgan fingerprint density at radius 1 is 1.17 bits per heavy atom. The minimum absolute atomic E-state index is 0.0591. The fraction of sp³-hybridized carbons (Fsp3) is 0.538. The van der Waals surface area contributed by atoms with E-state index >= 15 is 0 Å². The van der Waals surface area contributed by atoms with Crippen LogP contribution in [0.4, 0.5) is 0 Å². The van der Waals surface area contributed by atoms with Gasteiger partial charge < -0.3 is 9.05 Å². The van der Waals surface area contributed by atoms with Gasteiger partial charge in [-0.25, -0.2) is 0 Å². The highest BCUT2D eigenvalue weighted by molar-refractivity contribution is 7.53. The van der Waals surface area contributed by atoms with Crippen LogP contribution in [0.1, 0.15) is 25.0 Å². The standard InChI is InChI=1S/C13H18ClO3P/c1-13(2)9-16-18(15,17-10-13)8-12-5-3-11(7-14)4-6-12/h3-6H,7-10H2,1-2H3. The highest BCUT2D eigenvalue weighted by atomic mass is 35.5. The molecule has 3 nitrogen and oxygen atoms in total. The zero-order valence-corrected chi connectivity index (χ0v) is 12.3. The molecule has 2 rings (SSSR count). The van der Waals surface area contributed by atoms with Gasteiger partial charge in [0.1, 0.15) is 0 Å². The van der Waals surface area contributed by atoms with Crippen molar-refractivity contribution in [3.63, 3.8) is 0 Å². The molecule has 1 aromatic rings. The van der Waals surface area contributed by atoms with Crippen LogP contribution >= 0.6 is 19.2 Å². The average Bonchev–Trinajstić information content (AvgIpc) is 2.35. The number of hydrogen-bond acceptors (Lipinski definition) is 3. The second-order valence-corrected chi connectivity index (χ2v) is 7.75. The normalized spacial score (nSPS) is 21.7. The molecule has 1 aromatic carbocycles. The van der Waals surface area contributed by atoms with Crippen molar-refractivity contribution in [2.24, 2.45) is 5.41 Å². The Hall–Kier alpha value is -0.340. The quantitative estimate of drug-likeness (QED) is 0.618. The Balaban J connectivity index is 2.02. The third-order valence-electron chi connectivity index (χ3n) is 2.86. The number of rotatable bonds is 3. The Bertz CT molecular complexity index is 442. The van der Waals surface area contributed by atoms with E-state index in [0.29, 0.717) is 25.3 Å². The minimum atomic E-state index is -2.97. The van der Waals surface area contributed by atoms with Gasteiger partial charge in [0, 0.05) is 11.3 Å². The molecule has 1 fully saturated rings. The summed E-state index contributed by atoms with van der Waals surface area (Å²) in [5.74, 6) is 0.485. The van der Waals surface area contributed by atoms with Crippen molar-refractivity contribution in [3.05, 3.63) is 35.4 Å². The molecule has 0 radical (unpaired) electrons. The summed E-state index contributed by atoms with van der Waals surface area (Å²) in [4.78, 5) is 0. The SMILES string of the molecule is CC1(C)COP(=O)(Cc2ccc(CCl)cc2)OC1. The Kier molecular flexibility index (Phi) is 4.18. The van der Waals surface area contributed by atoms with Gasteiger partial charge in [-0.3, -0.25) is 4.57 Å². The molecule has 0 bridgehead atoms. The molecule has 0 spiro atoms. The van der Waals surface area contributed by atoms with Crippen LogP contribution in [-0.4, -0.2) is 13.2 Å². The molecule has 0 aliphatic carbocycles. The highest BCUT2D eigenvalue weighted by Gasteiger charge is 2.36. The molecule has 0 N–H and O–H groups in total. The molecular formula is C13H18ClO3P. The van der Waals surface area contributed by atoms with Crippen LogP contribution in [0.2, 0.25) is 0 Å². The van der Waals surface area contributed by atoms with Crippen LogP contribution in [0.5, 0.6) is 0 Å². The van der Waals surface area contributed by atoms with Gasteiger partial charge in [-0.05, 0) is 11.1 Å². The Morgan fingerprint density at radius 2 is 1.67 bits per heavy atom. The van der Waals surface area contributed by atoms with Crippen LogP contribution in [0.25, 0.3) is 0 Å². The fourth-order valence-electron chi connectivity index (χ4n) is 1.67. The van der Waals surface area contributed by atoms with Crippen LogP contribution in [0.3, 0.4) is 0 Å². The zero-order chi connectivity index (χ0) is 13.2. The van der Waals surface area contributed by atoms with Gasteiger partial charge in [-0.1, -0.05) is 38.1 Å². The first-order chi connectivity index (χ1) is 8.42. The summed E-state index contributed by atoms with van der Waals surface area (Å²) in [6.07, 6.45) is 0.325. The monoisotopic (exact) mass is 288 g/mol. The smallest absolute Gasteiger partial charge is 0.308 e. The predicted octanol–water partition coefficient (Wildman–Crippen LogP) is 4.19. The molecule has 1 saturated heterocycles. The summed E-state index contributed by atoms with van der Waals surface area (Å²) < 4.78 is 23.3. The van der Waals surface area contributed by atoms with Crippen molar-refractivity contribution in [1.29, 1.82) is 0 Å². The van der Waals surface area contributed by atoms with Gasteiger partial charge in [0.25, 0.3) is 0 Å². The number of alkyl halides is 1. The van der Waals surface area contributed by atoms with E-state index in [1.807, 2.05) is 38.1 Å². The van der Waals surface area contributed by atoms with Crippen LogP contribution in [0.15, 0.2) is 24.3 Å². The molecule has 1 aliphatic heterocycles. The number of hydrogen-bond donors (Lipinski definition) is 0. The lowest BCUT2D eigenvalue weighted by atomic mass is 9.97. The van der Waals surface area contributed by atoms with Crippen LogP contribution < -0.4 is 0 Å². The maximum atomic E-state index is 12.4. The van der Waals surface area contributed by atoms with E-state index < -0.39 is 7.60 Å². The molecule has 100 valence electrons. The van der Waals surface area contributed by atoms with Crippen LogP contribution in [0, 0.1) is 5.41 Å². The third kappa shape index (κ3) is 3.58. The summed E-state index contributed by atoms with van der Waals surface area (Å²) in [5.41, 5.74) is 1.94. The van der Waals surface area contributed by atoms with E-state index in [1.54, 1.807) is 0 Å². The summed E-state index contributed by atoms with van der Waals surface area (Å²) in [5, 5.41) is 0. The number of benzene rings is 1. The summed E-state index contributed by atoms with van der Waals surface area (Å²) in [7, 11) is -2.97. The van der Waals surface area contributed by atoms with Gasteiger partial charge in [-0.2, -0.15) is 0 Å². The maximum Gasteiger partial charge on any atom is 0.335 e. The van der Waals surface area contributed by atoms with Gasteiger partial charge in [0.05, 0.1) is 19.4 Å². The van der Waals surface area contributed by atoms with Crippen molar-refractivity contribution in [2.45, 2.75) is 25.9 Å². The highest BCUT2D eigenvalue weighted by Crippen LogP contribution is 2.56. The number of halogens is 1. The molecule has 18 heavy (non-hydrogen) atoms. The molecule has 5 heteroatoms. The predicted molar refractivity (Wildman–Crippen MR) is 73.0 cm³/mol. The summed E-state index contributed by atoms with van der Waals surface area (Å²) in [6, 6.07) is 7.71. The molecule has 0 saturated carbocycles. The van der Waals surface area contributed by atoms with Crippen molar-refractivity contribution >= 4 is 19.2 Å². The van der Waals surface area contributed by atoms with E-state index in [2.05, 4.69) is 0 Å². The van der Waals surface area contributed by atoms with Gasteiger partial charge >= 0.3 is 7.60 Å². The average molecular weight is 289 g/mol.